The zero-order valence-corrected chi connectivity index (χ0v) is 20.4. The molecule has 0 spiro atoms. The number of aryl methyl sites for hydroxylation is 1. The van der Waals surface area contributed by atoms with E-state index in [0.29, 0.717) is 5.02 Å². The van der Waals surface area contributed by atoms with Gasteiger partial charge in [-0.1, -0.05) is 23.7 Å². The first-order valence-electron chi connectivity index (χ1n) is 9.47. The highest BCUT2D eigenvalue weighted by molar-refractivity contribution is 9.10. The molecule has 30 heavy (non-hydrogen) atoms. The lowest BCUT2D eigenvalue weighted by Crippen LogP contribution is -2.26. The van der Waals surface area contributed by atoms with E-state index in [4.69, 9.17) is 11.6 Å². The van der Waals surface area contributed by atoms with Gasteiger partial charge in [0.2, 0.25) is 0 Å². The minimum absolute atomic E-state index is 0.158. The van der Waals surface area contributed by atoms with E-state index >= 15 is 0 Å². The maximum absolute atomic E-state index is 12.4. The van der Waals surface area contributed by atoms with E-state index in [9.17, 15) is 4.79 Å². The zero-order valence-electron chi connectivity index (χ0n) is 17.2. The molecule has 0 aliphatic rings. The van der Waals surface area contributed by atoms with Crippen LogP contribution in [0.5, 0.6) is 0 Å². The second kappa shape index (κ2) is 9.86. The maximum atomic E-state index is 12.4. The molecule has 1 atom stereocenters. The second-order valence-electron chi connectivity index (χ2n) is 7.02. The minimum Gasteiger partial charge on any atom is -0.317 e. The van der Waals surface area contributed by atoms with Gasteiger partial charge in [-0.15, -0.1) is 11.8 Å². The van der Waals surface area contributed by atoms with Gasteiger partial charge >= 0.3 is 0 Å². The van der Waals surface area contributed by atoms with Crippen LogP contribution in [-0.4, -0.2) is 21.9 Å². The summed E-state index contributed by atoms with van der Waals surface area (Å²) in [5.74, 6) is -0.158. The Kier molecular flexibility index (Phi) is 7.45. The van der Waals surface area contributed by atoms with Crippen molar-refractivity contribution in [3.05, 3.63) is 80.5 Å². The highest BCUT2D eigenvalue weighted by Gasteiger charge is 2.17. The first kappa shape index (κ1) is 22.7. The number of carbonyl (C=O) groups is 1. The van der Waals surface area contributed by atoms with Gasteiger partial charge in [-0.2, -0.15) is 5.10 Å². The molecule has 7 heteroatoms. The number of carbonyl (C=O) groups excluding carboxylic acids is 1. The highest BCUT2D eigenvalue weighted by atomic mass is 79.9. The molecule has 0 aliphatic heterocycles. The molecule has 0 saturated heterocycles. The summed E-state index contributed by atoms with van der Waals surface area (Å²) in [4.78, 5) is 13.4. The number of nitrogens with one attached hydrogen (secondary N) is 1. The van der Waals surface area contributed by atoms with Crippen molar-refractivity contribution >= 4 is 51.4 Å². The van der Waals surface area contributed by atoms with Gasteiger partial charge in [-0.25, -0.2) is 5.43 Å². The summed E-state index contributed by atoms with van der Waals surface area (Å²) < 4.78 is 3.14. The number of hydrazone groups is 1. The van der Waals surface area contributed by atoms with Crippen LogP contribution in [0, 0.1) is 20.8 Å². The van der Waals surface area contributed by atoms with Crippen molar-refractivity contribution in [1.82, 2.24) is 9.99 Å². The molecule has 0 bridgehead atoms. The van der Waals surface area contributed by atoms with Crippen LogP contribution in [0.4, 0.5) is 0 Å². The Balaban J connectivity index is 1.72. The summed E-state index contributed by atoms with van der Waals surface area (Å²) in [5, 5.41) is 4.59. The van der Waals surface area contributed by atoms with Gasteiger partial charge in [-0.05, 0) is 85.6 Å². The molecule has 156 valence electrons. The van der Waals surface area contributed by atoms with Crippen LogP contribution in [0.3, 0.4) is 0 Å². The van der Waals surface area contributed by atoms with Crippen LogP contribution in [0.15, 0.2) is 63.0 Å². The smallest absolute Gasteiger partial charge is 0.253 e. The molecule has 3 aromatic rings. The Morgan fingerprint density at radius 1 is 1.17 bits per heavy atom. The fourth-order valence-corrected chi connectivity index (χ4v) is 4.70. The van der Waals surface area contributed by atoms with Gasteiger partial charge in [0.15, 0.2) is 0 Å². The van der Waals surface area contributed by atoms with E-state index in [1.807, 2.05) is 44.2 Å². The molecule has 0 unspecified atom stereocenters. The Hall–Kier alpha value is -2.02. The molecule has 1 heterocycles. The SMILES string of the molecule is Cc1cccc(-n2c(C)c(Br)c(/C=N\NC(=O)[C@H](C)Sc3ccc(Cl)cc3)c2C)c1. The number of hydrogen-bond donors (Lipinski definition) is 1. The molecular weight excluding hydrogens is 482 g/mol. The molecule has 1 N–H and O–H groups in total. The number of thioether (sulfide) groups is 1. The topological polar surface area (TPSA) is 46.4 Å². The first-order chi connectivity index (χ1) is 14.3. The minimum atomic E-state index is -0.286. The summed E-state index contributed by atoms with van der Waals surface area (Å²) in [7, 11) is 0. The molecule has 1 aromatic heterocycles. The molecule has 2 aromatic carbocycles. The van der Waals surface area contributed by atoms with Crippen LogP contribution >= 0.6 is 39.3 Å². The normalized spacial score (nSPS) is 12.3. The zero-order chi connectivity index (χ0) is 21.8. The predicted molar refractivity (Wildman–Crippen MR) is 130 cm³/mol. The third-order valence-corrected chi connectivity index (χ3v) is 7.10. The van der Waals surface area contributed by atoms with E-state index in [2.05, 4.69) is 63.1 Å². The quantitative estimate of drug-likeness (QED) is 0.238. The average Bonchev–Trinajstić information content (AvgIpc) is 2.92. The van der Waals surface area contributed by atoms with Gasteiger partial charge < -0.3 is 4.57 Å². The van der Waals surface area contributed by atoms with Crippen molar-refractivity contribution in [2.24, 2.45) is 5.10 Å². The third-order valence-electron chi connectivity index (χ3n) is 4.74. The standard InChI is InChI=1S/C23H23BrClN3OS/c1-14-6-5-7-19(12-14)28-15(2)21(22(24)16(28)3)13-26-27-23(29)17(4)30-20-10-8-18(25)9-11-20/h5-13,17H,1-4H3,(H,27,29)/b26-13-/t17-/m0/s1. The Labute approximate surface area is 194 Å². The summed E-state index contributed by atoms with van der Waals surface area (Å²) in [6, 6.07) is 15.8. The average molecular weight is 505 g/mol. The lowest BCUT2D eigenvalue weighted by atomic mass is 10.2. The van der Waals surface area contributed by atoms with Crippen LogP contribution in [0.25, 0.3) is 5.69 Å². The second-order valence-corrected chi connectivity index (χ2v) is 9.66. The molecule has 1 amide bonds. The Morgan fingerprint density at radius 2 is 1.87 bits per heavy atom. The lowest BCUT2D eigenvalue weighted by molar-refractivity contribution is -0.120. The van der Waals surface area contributed by atoms with E-state index in [1.54, 1.807) is 6.21 Å². The van der Waals surface area contributed by atoms with E-state index in [-0.39, 0.29) is 11.2 Å². The predicted octanol–water partition coefficient (Wildman–Crippen LogP) is 6.45. The van der Waals surface area contributed by atoms with Gasteiger partial charge in [0.1, 0.15) is 0 Å². The van der Waals surface area contributed by atoms with Crippen LogP contribution in [0.1, 0.15) is 29.4 Å². The van der Waals surface area contributed by atoms with Crippen molar-refractivity contribution in [3.8, 4) is 5.69 Å². The molecule has 4 nitrogen and oxygen atoms in total. The van der Waals surface area contributed by atoms with Crippen molar-refractivity contribution in [2.75, 3.05) is 0 Å². The van der Waals surface area contributed by atoms with Crippen molar-refractivity contribution in [3.63, 3.8) is 0 Å². The van der Waals surface area contributed by atoms with E-state index in [0.717, 1.165) is 32.0 Å². The Bertz CT molecular complexity index is 1090. The largest absolute Gasteiger partial charge is 0.317 e. The summed E-state index contributed by atoms with van der Waals surface area (Å²) in [6.45, 7) is 8.03. The van der Waals surface area contributed by atoms with Gasteiger partial charge in [0.05, 0.1) is 11.5 Å². The first-order valence-corrected chi connectivity index (χ1v) is 11.5. The molecule has 0 saturated carbocycles. The van der Waals surface area contributed by atoms with Gasteiger partial charge in [0, 0.05) is 37.0 Å². The van der Waals surface area contributed by atoms with Crippen molar-refractivity contribution in [1.29, 1.82) is 0 Å². The molecule has 0 aliphatic carbocycles. The van der Waals surface area contributed by atoms with Gasteiger partial charge in [-0.3, -0.25) is 4.79 Å². The van der Waals surface area contributed by atoms with Crippen LogP contribution in [-0.2, 0) is 4.79 Å². The maximum Gasteiger partial charge on any atom is 0.253 e. The number of hydrogen-bond acceptors (Lipinski definition) is 3. The summed E-state index contributed by atoms with van der Waals surface area (Å²) in [6.07, 6.45) is 1.69. The fraction of sp³-hybridized carbons (Fsp3) is 0.217. The lowest BCUT2D eigenvalue weighted by Gasteiger charge is -2.10. The van der Waals surface area contributed by atoms with Crippen molar-refractivity contribution < 1.29 is 4.79 Å². The fourth-order valence-electron chi connectivity index (χ4n) is 3.15. The molecule has 0 fully saturated rings. The number of halogens is 2. The third kappa shape index (κ3) is 5.17. The van der Waals surface area contributed by atoms with E-state index < -0.39 is 0 Å². The summed E-state index contributed by atoms with van der Waals surface area (Å²) >= 11 is 11.0. The van der Waals surface area contributed by atoms with E-state index in [1.165, 1.54) is 17.3 Å². The molecule has 0 radical (unpaired) electrons. The number of aromatic nitrogens is 1. The number of rotatable bonds is 6. The number of amides is 1. The van der Waals surface area contributed by atoms with Gasteiger partial charge in [0.25, 0.3) is 5.91 Å². The monoisotopic (exact) mass is 503 g/mol. The van der Waals surface area contributed by atoms with Crippen LogP contribution < -0.4 is 5.43 Å². The number of nitrogens with zero attached hydrogens (tertiary/aromatic N) is 2. The molecular formula is C23H23BrClN3OS. The highest BCUT2D eigenvalue weighted by Crippen LogP contribution is 2.30. The van der Waals surface area contributed by atoms with Crippen molar-refractivity contribution in [2.45, 2.75) is 37.8 Å². The Morgan fingerprint density at radius 3 is 2.53 bits per heavy atom. The van der Waals surface area contributed by atoms with Crippen LogP contribution in [0.2, 0.25) is 5.02 Å². The summed E-state index contributed by atoms with van der Waals surface area (Å²) in [5.41, 5.74) is 8.01. The number of benzene rings is 2. The molecule has 3 rings (SSSR count).